The van der Waals surface area contributed by atoms with Crippen molar-refractivity contribution < 1.29 is 14.6 Å². The lowest BCUT2D eigenvalue weighted by atomic mass is 10.00. The average molecular weight is 485 g/mol. The second-order valence-electron chi connectivity index (χ2n) is 10.4. The summed E-state index contributed by atoms with van der Waals surface area (Å²) in [7, 11) is 0. The van der Waals surface area contributed by atoms with Crippen LogP contribution in [0.1, 0.15) is 25.3 Å². The summed E-state index contributed by atoms with van der Waals surface area (Å²) < 4.78 is 5.75. The van der Waals surface area contributed by atoms with Crippen LogP contribution in [0.15, 0.2) is 65.8 Å². The zero-order chi connectivity index (χ0) is 24.7. The molecule has 2 saturated heterocycles. The van der Waals surface area contributed by atoms with Crippen LogP contribution in [0.4, 0.5) is 0 Å². The molecule has 0 bridgehead atoms. The Morgan fingerprint density at radius 3 is 2.75 bits per heavy atom. The lowest BCUT2D eigenvalue weighted by Crippen LogP contribution is -2.40. The number of likely N-dealkylation sites (tertiary alicyclic amines) is 1. The molecule has 3 aliphatic rings. The minimum absolute atomic E-state index is 0.173. The van der Waals surface area contributed by atoms with Crippen LogP contribution in [0, 0.1) is 5.92 Å². The number of fused-ring (bicyclic) bond motifs is 1. The van der Waals surface area contributed by atoms with Crippen molar-refractivity contribution in [1.29, 1.82) is 0 Å². The van der Waals surface area contributed by atoms with Crippen molar-refractivity contribution in [3.63, 3.8) is 0 Å². The number of aliphatic hydroxyl groups is 1. The van der Waals surface area contributed by atoms with E-state index in [-0.39, 0.29) is 11.4 Å². The molecule has 2 aromatic carbocycles. The van der Waals surface area contributed by atoms with Gasteiger partial charge in [-0.05, 0) is 48.9 Å². The topological polar surface area (TPSA) is 78.3 Å². The van der Waals surface area contributed by atoms with E-state index in [4.69, 9.17) is 9.73 Å². The first kappa shape index (κ1) is 23.1. The van der Waals surface area contributed by atoms with Crippen molar-refractivity contribution in [1.82, 2.24) is 14.8 Å². The first-order valence-electron chi connectivity index (χ1n) is 12.8. The highest BCUT2D eigenvalue weighted by Gasteiger charge is 2.43. The van der Waals surface area contributed by atoms with Gasteiger partial charge in [0.15, 0.2) is 0 Å². The third-order valence-electron chi connectivity index (χ3n) is 7.73. The van der Waals surface area contributed by atoms with E-state index in [0.717, 1.165) is 66.0 Å². The van der Waals surface area contributed by atoms with Crippen LogP contribution in [0.5, 0.6) is 0 Å². The number of amides is 1. The van der Waals surface area contributed by atoms with Crippen LogP contribution in [0.25, 0.3) is 22.0 Å². The van der Waals surface area contributed by atoms with Crippen LogP contribution in [0.3, 0.4) is 0 Å². The Hall–Kier alpha value is -3.29. The maximum atomic E-state index is 12.3. The number of hydrogen-bond donors (Lipinski definition) is 1. The van der Waals surface area contributed by atoms with Crippen molar-refractivity contribution in [2.45, 2.75) is 31.4 Å². The SMILES string of the molecule is CC(O)C(=O)N1CCC(CN2CC3(CCOC3)N=C2c2ccc(-c3ccc4cccnc4c3)cc2)C1. The molecule has 1 spiro atoms. The summed E-state index contributed by atoms with van der Waals surface area (Å²) in [5.41, 5.74) is 4.22. The van der Waals surface area contributed by atoms with Crippen LogP contribution < -0.4 is 0 Å². The van der Waals surface area contributed by atoms with Crippen LogP contribution in [-0.2, 0) is 9.53 Å². The van der Waals surface area contributed by atoms with E-state index < -0.39 is 6.10 Å². The molecule has 1 amide bonds. The van der Waals surface area contributed by atoms with Gasteiger partial charge in [0.1, 0.15) is 17.5 Å². The fourth-order valence-corrected chi connectivity index (χ4v) is 5.78. The minimum Gasteiger partial charge on any atom is -0.384 e. The Labute approximate surface area is 211 Å². The van der Waals surface area contributed by atoms with Gasteiger partial charge < -0.3 is 19.6 Å². The molecule has 0 aliphatic carbocycles. The summed E-state index contributed by atoms with van der Waals surface area (Å²) in [6, 6.07) is 19.1. The van der Waals surface area contributed by atoms with Crippen LogP contribution in [-0.4, -0.2) is 82.7 Å². The molecule has 186 valence electrons. The van der Waals surface area contributed by atoms with Gasteiger partial charge in [-0.25, -0.2) is 0 Å². The third-order valence-corrected chi connectivity index (χ3v) is 7.73. The monoisotopic (exact) mass is 484 g/mol. The Morgan fingerprint density at radius 2 is 1.97 bits per heavy atom. The number of nitrogens with zero attached hydrogens (tertiary/aromatic N) is 4. The predicted octanol–water partition coefficient (Wildman–Crippen LogP) is 3.35. The van der Waals surface area contributed by atoms with Gasteiger partial charge in [-0.15, -0.1) is 0 Å². The lowest BCUT2D eigenvalue weighted by molar-refractivity contribution is -0.138. The Morgan fingerprint density at radius 1 is 1.17 bits per heavy atom. The molecule has 3 unspecified atom stereocenters. The third kappa shape index (κ3) is 4.38. The number of pyridine rings is 1. The quantitative estimate of drug-likeness (QED) is 0.601. The first-order chi connectivity index (χ1) is 17.5. The van der Waals surface area contributed by atoms with E-state index in [0.29, 0.717) is 25.6 Å². The second kappa shape index (κ2) is 9.30. The highest BCUT2D eigenvalue weighted by atomic mass is 16.5. The van der Waals surface area contributed by atoms with Crippen molar-refractivity contribution in [3.05, 3.63) is 66.4 Å². The zero-order valence-corrected chi connectivity index (χ0v) is 20.6. The molecule has 7 heteroatoms. The number of amidine groups is 1. The first-order valence-corrected chi connectivity index (χ1v) is 12.8. The van der Waals surface area contributed by atoms with Crippen molar-refractivity contribution >= 4 is 22.6 Å². The number of carbonyl (C=O) groups excluding carboxylic acids is 1. The van der Waals surface area contributed by atoms with Gasteiger partial charge in [0, 0.05) is 49.9 Å². The van der Waals surface area contributed by atoms with Gasteiger partial charge in [-0.1, -0.05) is 42.5 Å². The predicted molar refractivity (Wildman–Crippen MR) is 140 cm³/mol. The standard InChI is InChI=1S/C29H32N4O3/c1-20(34)28(35)32-13-10-21(16-32)17-33-18-29(11-14-36-19-29)31-27(33)24-7-4-22(5-8-24)25-9-6-23-3-2-12-30-26(23)15-25/h2-9,12,15,20-21,34H,10-11,13-14,16-19H2,1H3. The second-order valence-corrected chi connectivity index (χ2v) is 10.4. The number of aromatic nitrogens is 1. The van der Waals surface area contributed by atoms with E-state index in [1.54, 1.807) is 11.8 Å². The van der Waals surface area contributed by atoms with Crippen LogP contribution in [0.2, 0.25) is 0 Å². The number of ether oxygens (including phenoxy) is 1. The Kier molecular flexibility index (Phi) is 5.97. The normalized spacial score (nSPS) is 24.6. The summed E-state index contributed by atoms with van der Waals surface area (Å²) in [6.07, 6.45) is 2.77. The number of hydrogen-bond acceptors (Lipinski definition) is 6. The molecule has 1 N–H and O–H groups in total. The maximum absolute atomic E-state index is 12.3. The zero-order valence-electron chi connectivity index (χ0n) is 20.6. The molecule has 0 saturated carbocycles. The van der Waals surface area contributed by atoms with Crippen molar-refractivity contribution in [2.75, 3.05) is 39.4 Å². The van der Waals surface area contributed by atoms with Gasteiger partial charge in [0.25, 0.3) is 5.91 Å². The molecule has 1 aromatic heterocycles. The molecular weight excluding hydrogens is 452 g/mol. The van der Waals surface area contributed by atoms with E-state index in [9.17, 15) is 9.90 Å². The summed E-state index contributed by atoms with van der Waals surface area (Å²) in [5, 5.41) is 10.8. The highest BCUT2D eigenvalue weighted by molar-refractivity contribution is 6.01. The number of benzene rings is 2. The number of aliphatic hydroxyl groups excluding tert-OH is 1. The summed E-state index contributed by atoms with van der Waals surface area (Å²) in [6.45, 7) is 6.04. The van der Waals surface area contributed by atoms with Gasteiger partial charge in [-0.2, -0.15) is 0 Å². The van der Waals surface area contributed by atoms with E-state index >= 15 is 0 Å². The number of carbonyl (C=O) groups is 1. The molecular formula is C29H32N4O3. The van der Waals surface area contributed by atoms with Crippen molar-refractivity contribution in [2.24, 2.45) is 10.9 Å². The summed E-state index contributed by atoms with van der Waals surface area (Å²) >= 11 is 0. The molecule has 7 nitrogen and oxygen atoms in total. The average Bonchev–Trinajstić information content (AvgIpc) is 3.64. The summed E-state index contributed by atoms with van der Waals surface area (Å²) in [5.74, 6) is 1.21. The number of aliphatic imine (C=N–C) groups is 1. The largest absolute Gasteiger partial charge is 0.384 e. The van der Waals surface area contributed by atoms with Crippen LogP contribution >= 0.6 is 0 Å². The van der Waals surface area contributed by atoms with Gasteiger partial charge >= 0.3 is 0 Å². The van der Waals surface area contributed by atoms with Gasteiger partial charge in [0.05, 0.1) is 12.1 Å². The Bertz CT molecular complexity index is 1300. The molecule has 36 heavy (non-hydrogen) atoms. The lowest BCUT2D eigenvalue weighted by Gasteiger charge is -2.27. The molecule has 3 aromatic rings. The fourth-order valence-electron chi connectivity index (χ4n) is 5.78. The van der Waals surface area contributed by atoms with Gasteiger partial charge in [-0.3, -0.25) is 14.8 Å². The van der Waals surface area contributed by atoms with Gasteiger partial charge in [0.2, 0.25) is 0 Å². The van der Waals surface area contributed by atoms with E-state index in [2.05, 4.69) is 58.4 Å². The minimum atomic E-state index is -0.941. The molecule has 3 atom stereocenters. The highest BCUT2D eigenvalue weighted by Crippen LogP contribution is 2.34. The molecule has 3 aliphatic heterocycles. The van der Waals surface area contributed by atoms with E-state index in [1.807, 2.05) is 12.3 Å². The van der Waals surface area contributed by atoms with E-state index in [1.165, 1.54) is 0 Å². The summed E-state index contributed by atoms with van der Waals surface area (Å²) in [4.78, 5) is 26.2. The Balaban J connectivity index is 1.23. The smallest absolute Gasteiger partial charge is 0.251 e. The molecule has 4 heterocycles. The fraction of sp³-hybridized carbons (Fsp3) is 0.414. The molecule has 2 fully saturated rings. The molecule has 6 rings (SSSR count). The van der Waals surface area contributed by atoms with Crippen molar-refractivity contribution in [3.8, 4) is 11.1 Å². The maximum Gasteiger partial charge on any atom is 0.251 e. The molecule has 0 radical (unpaired) electrons. The number of rotatable bonds is 5.